The summed E-state index contributed by atoms with van der Waals surface area (Å²) in [6.45, 7) is 19.0. The summed E-state index contributed by atoms with van der Waals surface area (Å²) in [5, 5.41) is 0.124. The molecule has 6 heteroatoms. The van der Waals surface area contributed by atoms with E-state index in [1.165, 1.54) is 4.90 Å². The summed E-state index contributed by atoms with van der Waals surface area (Å²) in [5.41, 5.74) is 0.0259. The van der Waals surface area contributed by atoms with Crippen molar-refractivity contribution in [2.24, 2.45) is 5.92 Å². The Labute approximate surface area is 147 Å². The third-order valence-corrected chi connectivity index (χ3v) is 9.15. The van der Waals surface area contributed by atoms with E-state index in [9.17, 15) is 9.59 Å². The number of imide groups is 1. The third-order valence-electron chi connectivity index (χ3n) is 4.65. The minimum absolute atomic E-state index is 0.00645. The molecule has 0 N–H and O–H groups in total. The molecule has 1 saturated heterocycles. The second kappa shape index (κ2) is 7.00. The number of carbonyl (C=O) groups excluding carboxylic acids is 2. The molecule has 0 radical (unpaired) electrons. The van der Waals surface area contributed by atoms with Crippen molar-refractivity contribution in [2.45, 2.75) is 72.2 Å². The molecule has 1 atom stereocenters. The molecule has 0 spiro atoms. The van der Waals surface area contributed by atoms with Gasteiger partial charge >= 0.3 is 6.09 Å². The summed E-state index contributed by atoms with van der Waals surface area (Å²) in [6, 6.07) is 0. The lowest BCUT2D eigenvalue weighted by Gasteiger charge is -2.35. The Kier molecular flexibility index (Phi) is 6.10. The second-order valence-corrected chi connectivity index (χ2v) is 13.8. The molecule has 0 saturated carbocycles. The third kappa shape index (κ3) is 5.18. The number of carbonyl (C=O) groups is 2. The molecule has 138 valence electrons. The number of likely N-dealkylation sites (tertiary alicyclic amines) is 1. The first-order valence-corrected chi connectivity index (χ1v) is 11.5. The number of nitrogens with zero attached hydrogens (tertiary/aromatic N) is 1. The zero-order valence-electron chi connectivity index (χ0n) is 16.6. The molecule has 0 bridgehead atoms. The Balaban J connectivity index is 2.77. The minimum Gasteiger partial charge on any atom is -0.443 e. The lowest BCUT2D eigenvalue weighted by molar-refractivity contribution is -0.124. The fourth-order valence-electron chi connectivity index (χ4n) is 2.14. The molecule has 24 heavy (non-hydrogen) atoms. The Morgan fingerprint density at radius 3 is 2.25 bits per heavy atom. The number of hydrogen-bond acceptors (Lipinski definition) is 4. The maximum atomic E-state index is 12.5. The summed E-state index contributed by atoms with van der Waals surface area (Å²) in [7, 11) is -1.85. The molecule has 0 aliphatic carbocycles. The van der Waals surface area contributed by atoms with Gasteiger partial charge in [0.25, 0.3) is 5.91 Å². The lowest BCUT2D eigenvalue weighted by Crippen LogP contribution is -2.40. The number of amides is 2. The number of hydrogen-bond donors (Lipinski definition) is 0. The molecule has 1 unspecified atom stereocenters. The molecule has 2 amide bonds. The largest absolute Gasteiger partial charge is 0.443 e. The van der Waals surface area contributed by atoms with Gasteiger partial charge in [0.2, 0.25) is 0 Å². The summed E-state index contributed by atoms with van der Waals surface area (Å²) >= 11 is 0. The first kappa shape index (κ1) is 20.9. The van der Waals surface area contributed by atoms with Crippen LogP contribution in [0.15, 0.2) is 11.6 Å². The van der Waals surface area contributed by atoms with Crippen LogP contribution in [0.1, 0.15) is 48.5 Å². The lowest BCUT2D eigenvalue weighted by atomic mass is 10.1. The van der Waals surface area contributed by atoms with Crippen LogP contribution in [0.25, 0.3) is 0 Å². The van der Waals surface area contributed by atoms with Gasteiger partial charge in [-0.2, -0.15) is 0 Å². The van der Waals surface area contributed by atoms with Crippen LogP contribution < -0.4 is 0 Å². The topological polar surface area (TPSA) is 55.8 Å². The van der Waals surface area contributed by atoms with Crippen molar-refractivity contribution < 1.29 is 18.8 Å². The highest BCUT2D eigenvalue weighted by Gasteiger charge is 2.39. The second-order valence-electron chi connectivity index (χ2n) is 9.03. The van der Waals surface area contributed by atoms with E-state index in [-0.39, 0.29) is 16.9 Å². The highest BCUT2D eigenvalue weighted by molar-refractivity contribution is 6.74. The van der Waals surface area contributed by atoms with Crippen LogP contribution in [-0.2, 0) is 14.0 Å². The van der Waals surface area contributed by atoms with Gasteiger partial charge in [-0.3, -0.25) is 4.79 Å². The molecule has 1 heterocycles. The Bertz CT molecular complexity index is 526. The van der Waals surface area contributed by atoms with Gasteiger partial charge in [0.05, 0.1) is 6.61 Å². The van der Waals surface area contributed by atoms with Crippen LogP contribution in [0, 0.1) is 5.92 Å². The quantitative estimate of drug-likeness (QED) is 0.558. The van der Waals surface area contributed by atoms with Gasteiger partial charge in [0.15, 0.2) is 8.32 Å². The SMILES string of the molecule is CC1CN(C(=O)OC(C)(C)C)C(=O)/C1=C/CO[Si](C)(C)C(C)(C)C. The molecule has 1 rings (SSSR count). The van der Waals surface area contributed by atoms with Crippen LogP contribution >= 0.6 is 0 Å². The standard InChI is InChI=1S/C18H33NO4Si/c1-13-12-19(16(21)23-17(2,3)4)15(20)14(13)10-11-22-24(8,9)18(5,6)7/h10,13H,11-12H2,1-9H3/b14-10+. The van der Waals surface area contributed by atoms with Gasteiger partial charge < -0.3 is 9.16 Å². The average molecular weight is 356 g/mol. The highest BCUT2D eigenvalue weighted by atomic mass is 28.4. The van der Waals surface area contributed by atoms with E-state index in [1.807, 2.05) is 13.0 Å². The van der Waals surface area contributed by atoms with Crippen LogP contribution in [-0.4, -0.2) is 44.0 Å². The molecule has 1 aliphatic rings. The van der Waals surface area contributed by atoms with Crippen LogP contribution in [0.2, 0.25) is 18.1 Å². The van der Waals surface area contributed by atoms with Crippen molar-refractivity contribution in [3.8, 4) is 0 Å². The van der Waals surface area contributed by atoms with Crippen LogP contribution in [0.5, 0.6) is 0 Å². The van der Waals surface area contributed by atoms with E-state index in [4.69, 9.17) is 9.16 Å². The van der Waals surface area contributed by atoms with Crippen molar-refractivity contribution in [3.05, 3.63) is 11.6 Å². The minimum atomic E-state index is -1.85. The van der Waals surface area contributed by atoms with Gasteiger partial charge in [-0.1, -0.05) is 33.8 Å². The zero-order chi connectivity index (χ0) is 18.9. The van der Waals surface area contributed by atoms with E-state index in [0.717, 1.165) is 0 Å². The van der Waals surface area contributed by atoms with E-state index >= 15 is 0 Å². The monoisotopic (exact) mass is 355 g/mol. The van der Waals surface area contributed by atoms with E-state index in [1.54, 1.807) is 20.8 Å². The van der Waals surface area contributed by atoms with E-state index in [2.05, 4.69) is 33.9 Å². The first-order chi connectivity index (χ1) is 10.7. The number of rotatable bonds is 3. The molecule has 1 fully saturated rings. The summed E-state index contributed by atoms with van der Waals surface area (Å²) in [5.74, 6) is -0.274. The number of ether oxygens (including phenoxy) is 1. The molecule has 0 aromatic rings. The molecule has 0 aromatic carbocycles. The van der Waals surface area contributed by atoms with Gasteiger partial charge in [0, 0.05) is 18.0 Å². The fourth-order valence-corrected chi connectivity index (χ4v) is 3.07. The van der Waals surface area contributed by atoms with Gasteiger partial charge in [0.1, 0.15) is 5.60 Å². The highest BCUT2D eigenvalue weighted by Crippen LogP contribution is 2.36. The Morgan fingerprint density at radius 1 is 1.25 bits per heavy atom. The maximum Gasteiger partial charge on any atom is 0.417 e. The smallest absolute Gasteiger partial charge is 0.417 e. The summed E-state index contributed by atoms with van der Waals surface area (Å²) in [4.78, 5) is 25.9. The molecule has 0 aromatic heterocycles. The average Bonchev–Trinajstić information content (AvgIpc) is 2.63. The van der Waals surface area contributed by atoms with Crippen molar-refractivity contribution in [3.63, 3.8) is 0 Å². The zero-order valence-corrected chi connectivity index (χ0v) is 17.6. The molecule has 1 aliphatic heterocycles. The van der Waals surface area contributed by atoms with Crippen molar-refractivity contribution in [2.75, 3.05) is 13.2 Å². The normalized spacial score (nSPS) is 21.5. The van der Waals surface area contributed by atoms with Crippen molar-refractivity contribution in [1.82, 2.24) is 4.90 Å². The van der Waals surface area contributed by atoms with Gasteiger partial charge in [-0.25, -0.2) is 9.69 Å². The predicted molar refractivity (Wildman–Crippen MR) is 98.3 cm³/mol. The Hall–Kier alpha value is -1.14. The van der Waals surface area contributed by atoms with Crippen molar-refractivity contribution in [1.29, 1.82) is 0 Å². The Morgan fingerprint density at radius 2 is 1.79 bits per heavy atom. The first-order valence-electron chi connectivity index (χ1n) is 8.54. The molecular weight excluding hydrogens is 322 g/mol. The van der Waals surface area contributed by atoms with Crippen LogP contribution in [0.4, 0.5) is 4.79 Å². The summed E-state index contributed by atoms with van der Waals surface area (Å²) < 4.78 is 11.4. The van der Waals surface area contributed by atoms with Gasteiger partial charge in [-0.15, -0.1) is 0 Å². The fraction of sp³-hybridized carbons (Fsp3) is 0.778. The predicted octanol–water partition coefficient (Wildman–Crippen LogP) is 4.35. The maximum absolute atomic E-state index is 12.5. The van der Waals surface area contributed by atoms with Gasteiger partial charge in [-0.05, 0) is 38.9 Å². The van der Waals surface area contributed by atoms with Crippen LogP contribution in [0.3, 0.4) is 0 Å². The van der Waals surface area contributed by atoms with E-state index < -0.39 is 20.0 Å². The summed E-state index contributed by atoms with van der Waals surface area (Å²) in [6.07, 6.45) is 1.26. The van der Waals surface area contributed by atoms with E-state index in [0.29, 0.717) is 18.7 Å². The molecular formula is C18H33NO4Si. The molecule has 5 nitrogen and oxygen atoms in total. The van der Waals surface area contributed by atoms with Crippen molar-refractivity contribution >= 4 is 20.3 Å².